The largest absolute Gasteiger partial charge is 0.397 e. The zero-order valence-corrected chi connectivity index (χ0v) is 7.85. The van der Waals surface area contributed by atoms with Crippen molar-refractivity contribution in [1.29, 1.82) is 0 Å². The van der Waals surface area contributed by atoms with Crippen molar-refractivity contribution in [2.45, 2.75) is 0 Å². The van der Waals surface area contributed by atoms with E-state index in [1.54, 1.807) is 18.2 Å². The van der Waals surface area contributed by atoms with E-state index >= 15 is 0 Å². The van der Waals surface area contributed by atoms with Crippen molar-refractivity contribution in [3.63, 3.8) is 0 Å². The number of hydrogen-bond acceptors (Lipinski definition) is 2. The molecule has 0 saturated carbocycles. The molecule has 0 unspecified atom stereocenters. The van der Waals surface area contributed by atoms with Crippen LogP contribution in [0.3, 0.4) is 0 Å². The first-order valence-corrected chi connectivity index (χ1v) is 4.05. The van der Waals surface area contributed by atoms with E-state index in [0.717, 1.165) is 0 Å². The molecule has 13 heavy (non-hydrogen) atoms. The molecule has 0 aliphatic rings. The lowest BCUT2D eigenvalue weighted by Gasteiger charge is -2.07. The van der Waals surface area contributed by atoms with Crippen LogP contribution in [0.15, 0.2) is 18.2 Å². The third-order valence-corrected chi connectivity index (χ3v) is 1.73. The predicted octanol–water partition coefficient (Wildman–Crippen LogP) is 1.67. The minimum absolute atomic E-state index is 0.325. The van der Waals surface area contributed by atoms with Crippen LogP contribution in [0.1, 0.15) is 0 Å². The van der Waals surface area contributed by atoms with Crippen molar-refractivity contribution in [1.82, 2.24) is 5.32 Å². The SMILES string of the molecule is CNC(=O)Nc1cc(Cl)ccc1N. The Morgan fingerprint density at radius 1 is 1.54 bits per heavy atom. The number of benzene rings is 1. The van der Waals surface area contributed by atoms with Crippen LogP contribution in [0.2, 0.25) is 5.02 Å². The number of amides is 2. The van der Waals surface area contributed by atoms with Gasteiger partial charge in [-0.3, -0.25) is 0 Å². The molecule has 4 N–H and O–H groups in total. The highest BCUT2D eigenvalue weighted by Gasteiger charge is 2.02. The van der Waals surface area contributed by atoms with Gasteiger partial charge in [-0.15, -0.1) is 0 Å². The molecule has 0 spiro atoms. The third-order valence-electron chi connectivity index (χ3n) is 1.49. The van der Waals surface area contributed by atoms with Crippen LogP contribution in [-0.4, -0.2) is 13.1 Å². The highest BCUT2D eigenvalue weighted by Crippen LogP contribution is 2.22. The zero-order valence-electron chi connectivity index (χ0n) is 7.10. The average Bonchev–Trinajstić information content (AvgIpc) is 2.11. The van der Waals surface area contributed by atoms with Crippen LogP contribution < -0.4 is 16.4 Å². The van der Waals surface area contributed by atoms with Gasteiger partial charge in [-0.1, -0.05) is 11.6 Å². The summed E-state index contributed by atoms with van der Waals surface area (Å²) in [7, 11) is 1.52. The normalized spacial score (nSPS) is 9.38. The summed E-state index contributed by atoms with van der Waals surface area (Å²) >= 11 is 5.72. The van der Waals surface area contributed by atoms with Gasteiger partial charge in [0.15, 0.2) is 0 Å². The second-order valence-corrected chi connectivity index (χ2v) is 2.87. The minimum atomic E-state index is -0.325. The van der Waals surface area contributed by atoms with Crippen molar-refractivity contribution in [2.24, 2.45) is 0 Å². The van der Waals surface area contributed by atoms with Gasteiger partial charge in [0.05, 0.1) is 11.4 Å². The molecule has 4 nitrogen and oxygen atoms in total. The van der Waals surface area contributed by atoms with Crippen LogP contribution in [-0.2, 0) is 0 Å². The number of carbonyl (C=O) groups excluding carboxylic acids is 1. The standard InChI is InChI=1S/C8H10ClN3O/c1-11-8(13)12-7-4-5(9)2-3-6(7)10/h2-4H,10H2,1H3,(H2,11,12,13). The number of carbonyl (C=O) groups is 1. The van der Waals surface area contributed by atoms with Crippen molar-refractivity contribution in [3.8, 4) is 0 Å². The number of nitrogen functional groups attached to an aromatic ring is 1. The second-order valence-electron chi connectivity index (χ2n) is 2.44. The van der Waals surface area contributed by atoms with Crippen molar-refractivity contribution < 1.29 is 4.79 Å². The molecule has 1 aromatic rings. The molecule has 0 heterocycles. The van der Waals surface area contributed by atoms with Crippen LogP contribution in [0, 0.1) is 0 Å². The first kappa shape index (κ1) is 9.67. The fraction of sp³-hybridized carbons (Fsp3) is 0.125. The molecule has 0 aromatic heterocycles. The molecule has 70 valence electrons. The highest BCUT2D eigenvalue weighted by atomic mass is 35.5. The van der Waals surface area contributed by atoms with Crippen LogP contribution in [0.4, 0.5) is 16.2 Å². The smallest absolute Gasteiger partial charge is 0.319 e. The molecule has 5 heteroatoms. The Morgan fingerprint density at radius 3 is 2.85 bits per heavy atom. The number of nitrogens with two attached hydrogens (primary N) is 1. The molecular weight excluding hydrogens is 190 g/mol. The van der Waals surface area contributed by atoms with E-state index in [4.69, 9.17) is 17.3 Å². The second kappa shape index (κ2) is 4.00. The van der Waals surface area contributed by atoms with Crippen LogP contribution in [0.25, 0.3) is 0 Å². The lowest BCUT2D eigenvalue weighted by molar-refractivity contribution is 0.254. The number of rotatable bonds is 1. The van der Waals surface area contributed by atoms with E-state index in [0.29, 0.717) is 16.4 Å². The summed E-state index contributed by atoms with van der Waals surface area (Å²) in [4.78, 5) is 10.9. The molecule has 0 fully saturated rings. The Labute approximate surface area is 81.1 Å². The van der Waals surface area contributed by atoms with Crippen LogP contribution in [0.5, 0.6) is 0 Å². The fourth-order valence-electron chi connectivity index (χ4n) is 0.822. The van der Waals surface area contributed by atoms with E-state index in [-0.39, 0.29) is 6.03 Å². The van der Waals surface area contributed by atoms with E-state index < -0.39 is 0 Å². The number of urea groups is 1. The van der Waals surface area contributed by atoms with E-state index in [1.807, 2.05) is 0 Å². The number of nitrogens with one attached hydrogen (secondary N) is 2. The summed E-state index contributed by atoms with van der Waals surface area (Å²) in [5.41, 5.74) is 6.58. The summed E-state index contributed by atoms with van der Waals surface area (Å²) in [5, 5.41) is 5.48. The zero-order chi connectivity index (χ0) is 9.84. The monoisotopic (exact) mass is 199 g/mol. The first-order chi connectivity index (χ1) is 6.13. The molecule has 0 aliphatic heterocycles. The summed E-state index contributed by atoms with van der Waals surface area (Å²) in [5.74, 6) is 0. The predicted molar refractivity (Wildman–Crippen MR) is 53.9 cm³/mol. The van der Waals surface area contributed by atoms with E-state index in [9.17, 15) is 4.79 Å². The van der Waals surface area contributed by atoms with Gasteiger partial charge in [-0.2, -0.15) is 0 Å². The Morgan fingerprint density at radius 2 is 2.23 bits per heavy atom. The number of halogens is 1. The molecular formula is C8H10ClN3O. The number of anilines is 2. The molecule has 2 amide bonds. The Kier molecular flexibility index (Phi) is 2.97. The van der Waals surface area contributed by atoms with Crippen LogP contribution >= 0.6 is 11.6 Å². The third kappa shape index (κ3) is 2.52. The van der Waals surface area contributed by atoms with Gasteiger partial charge in [-0.05, 0) is 18.2 Å². The molecule has 1 aromatic carbocycles. The number of hydrogen-bond donors (Lipinski definition) is 3. The fourth-order valence-corrected chi connectivity index (χ4v) is 0.994. The maximum atomic E-state index is 10.9. The summed E-state index contributed by atoms with van der Waals surface area (Å²) in [6.45, 7) is 0. The Bertz CT molecular complexity index is 327. The molecule has 0 radical (unpaired) electrons. The average molecular weight is 200 g/mol. The minimum Gasteiger partial charge on any atom is -0.397 e. The molecule has 0 bridgehead atoms. The van der Waals surface area contributed by atoms with Gasteiger partial charge in [0.25, 0.3) is 0 Å². The van der Waals surface area contributed by atoms with E-state index in [2.05, 4.69) is 10.6 Å². The van der Waals surface area contributed by atoms with Gasteiger partial charge >= 0.3 is 6.03 Å². The maximum Gasteiger partial charge on any atom is 0.319 e. The topological polar surface area (TPSA) is 67.2 Å². The maximum absolute atomic E-state index is 10.9. The van der Waals surface area contributed by atoms with Crippen molar-refractivity contribution in [2.75, 3.05) is 18.1 Å². The Hall–Kier alpha value is -1.42. The summed E-state index contributed by atoms with van der Waals surface area (Å²) < 4.78 is 0. The lowest BCUT2D eigenvalue weighted by Crippen LogP contribution is -2.24. The van der Waals surface area contributed by atoms with E-state index in [1.165, 1.54) is 7.05 Å². The van der Waals surface area contributed by atoms with Crippen molar-refractivity contribution >= 4 is 29.0 Å². The molecule has 0 saturated heterocycles. The summed E-state index contributed by atoms with van der Waals surface area (Å²) in [6, 6.07) is 4.56. The molecule has 1 rings (SSSR count). The van der Waals surface area contributed by atoms with Gasteiger partial charge in [0, 0.05) is 12.1 Å². The summed E-state index contributed by atoms with van der Waals surface area (Å²) in [6.07, 6.45) is 0. The Balaban J connectivity index is 2.87. The van der Waals surface area contributed by atoms with Gasteiger partial charge in [0.2, 0.25) is 0 Å². The quantitative estimate of drug-likeness (QED) is 0.603. The van der Waals surface area contributed by atoms with Crippen molar-refractivity contribution in [3.05, 3.63) is 23.2 Å². The highest BCUT2D eigenvalue weighted by molar-refractivity contribution is 6.31. The van der Waals surface area contributed by atoms with Gasteiger partial charge < -0.3 is 16.4 Å². The molecule has 0 atom stereocenters. The molecule has 0 aliphatic carbocycles. The van der Waals surface area contributed by atoms with Gasteiger partial charge in [-0.25, -0.2) is 4.79 Å². The lowest BCUT2D eigenvalue weighted by atomic mass is 10.3. The van der Waals surface area contributed by atoms with Gasteiger partial charge in [0.1, 0.15) is 0 Å². The first-order valence-electron chi connectivity index (χ1n) is 3.67.